The second kappa shape index (κ2) is 7.47. The third-order valence-electron chi connectivity index (χ3n) is 4.49. The molecule has 0 saturated carbocycles. The Morgan fingerprint density at radius 2 is 1.72 bits per heavy atom. The van der Waals surface area contributed by atoms with E-state index in [1.165, 1.54) is 0 Å². The van der Waals surface area contributed by atoms with E-state index < -0.39 is 0 Å². The van der Waals surface area contributed by atoms with Gasteiger partial charge in [-0.25, -0.2) is 4.98 Å². The lowest BCUT2D eigenvalue weighted by Gasteiger charge is -2.26. The zero-order chi connectivity index (χ0) is 17.8. The number of pyridine rings is 1. The predicted molar refractivity (Wildman–Crippen MR) is 97.9 cm³/mol. The van der Waals surface area contributed by atoms with Crippen LogP contribution < -0.4 is 5.32 Å². The van der Waals surface area contributed by atoms with Crippen LogP contribution in [-0.2, 0) is 0 Å². The number of carbonyl (C=O) groups excluding carboxylic acids is 2. The molecular weight excluding hydrogens is 314 g/mol. The second-order valence-corrected chi connectivity index (χ2v) is 6.53. The molecule has 1 aromatic carbocycles. The van der Waals surface area contributed by atoms with Gasteiger partial charge in [0.15, 0.2) is 0 Å². The molecule has 1 N–H and O–H groups in total. The lowest BCUT2D eigenvalue weighted by Crippen LogP contribution is -2.36. The summed E-state index contributed by atoms with van der Waals surface area (Å²) in [5.41, 5.74) is 3.40. The van der Waals surface area contributed by atoms with Crippen LogP contribution in [0, 0.1) is 13.8 Å². The summed E-state index contributed by atoms with van der Waals surface area (Å²) in [6.45, 7) is 5.45. The summed E-state index contributed by atoms with van der Waals surface area (Å²) in [5.74, 6) is -0.400. The van der Waals surface area contributed by atoms with Crippen molar-refractivity contribution in [1.82, 2.24) is 9.88 Å². The van der Waals surface area contributed by atoms with E-state index in [9.17, 15) is 9.59 Å². The fraction of sp³-hybridized carbons (Fsp3) is 0.350. The van der Waals surface area contributed by atoms with Crippen LogP contribution in [0.4, 0.5) is 5.69 Å². The molecule has 25 heavy (non-hydrogen) atoms. The number of nitrogens with one attached hydrogen (secondary N) is 1. The maximum absolute atomic E-state index is 12.6. The maximum Gasteiger partial charge on any atom is 0.274 e. The van der Waals surface area contributed by atoms with Crippen LogP contribution >= 0.6 is 0 Å². The predicted octanol–water partition coefficient (Wildman–Crippen LogP) is 3.58. The van der Waals surface area contributed by atoms with Gasteiger partial charge >= 0.3 is 0 Å². The van der Waals surface area contributed by atoms with E-state index in [4.69, 9.17) is 0 Å². The van der Waals surface area contributed by atoms with E-state index in [1.54, 1.807) is 18.2 Å². The van der Waals surface area contributed by atoms with Crippen molar-refractivity contribution in [1.29, 1.82) is 0 Å². The molecule has 2 aromatic rings. The summed E-state index contributed by atoms with van der Waals surface area (Å²) in [4.78, 5) is 31.2. The lowest BCUT2D eigenvalue weighted by atomic mass is 10.1. The minimum Gasteiger partial charge on any atom is -0.337 e. The van der Waals surface area contributed by atoms with Gasteiger partial charge in [0.05, 0.1) is 0 Å². The van der Waals surface area contributed by atoms with Crippen LogP contribution in [0.1, 0.15) is 51.4 Å². The standard InChI is InChI=1S/C20H23N3O2/c1-14-9-10-15(2)18(13-14)22-19(24)16-7-6-8-17(21-16)20(25)23-11-4-3-5-12-23/h6-10,13H,3-5,11-12H2,1-2H3,(H,22,24). The molecule has 0 bridgehead atoms. The Kier molecular flexibility index (Phi) is 5.12. The first-order chi connectivity index (χ1) is 12.0. The van der Waals surface area contributed by atoms with E-state index in [-0.39, 0.29) is 17.5 Å². The van der Waals surface area contributed by atoms with Crippen LogP contribution in [-0.4, -0.2) is 34.8 Å². The molecule has 130 valence electrons. The Morgan fingerprint density at radius 3 is 2.48 bits per heavy atom. The van der Waals surface area contributed by atoms with Crippen molar-refractivity contribution in [3.63, 3.8) is 0 Å². The Labute approximate surface area is 148 Å². The molecule has 1 aliphatic rings. The van der Waals surface area contributed by atoms with Crippen molar-refractivity contribution in [2.24, 2.45) is 0 Å². The zero-order valence-corrected chi connectivity index (χ0v) is 14.7. The molecule has 3 rings (SSSR count). The van der Waals surface area contributed by atoms with Crippen LogP contribution in [0.5, 0.6) is 0 Å². The quantitative estimate of drug-likeness (QED) is 0.931. The third-order valence-corrected chi connectivity index (χ3v) is 4.49. The highest BCUT2D eigenvalue weighted by molar-refractivity contribution is 6.04. The van der Waals surface area contributed by atoms with Crippen molar-refractivity contribution >= 4 is 17.5 Å². The van der Waals surface area contributed by atoms with Gasteiger partial charge < -0.3 is 10.2 Å². The first-order valence-corrected chi connectivity index (χ1v) is 8.69. The SMILES string of the molecule is Cc1ccc(C)c(NC(=O)c2cccc(C(=O)N3CCCCC3)n2)c1. The molecule has 0 atom stereocenters. The van der Waals surface area contributed by atoms with Crippen LogP contribution in [0.2, 0.25) is 0 Å². The molecule has 1 fully saturated rings. The first-order valence-electron chi connectivity index (χ1n) is 8.69. The van der Waals surface area contributed by atoms with E-state index in [1.807, 2.05) is 36.9 Å². The van der Waals surface area contributed by atoms with E-state index in [0.717, 1.165) is 49.2 Å². The Hall–Kier alpha value is -2.69. The monoisotopic (exact) mass is 337 g/mol. The number of rotatable bonds is 3. The Morgan fingerprint density at radius 1 is 1.00 bits per heavy atom. The number of amides is 2. The molecule has 1 aliphatic heterocycles. The minimum atomic E-state index is -0.304. The Bertz CT molecular complexity index is 795. The van der Waals surface area contributed by atoms with Crippen molar-refractivity contribution in [2.75, 3.05) is 18.4 Å². The van der Waals surface area contributed by atoms with Gasteiger partial charge in [-0.2, -0.15) is 0 Å². The van der Waals surface area contributed by atoms with Crippen molar-refractivity contribution < 1.29 is 9.59 Å². The topological polar surface area (TPSA) is 62.3 Å². The van der Waals surface area contributed by atoms with Gasteiger partial charge in [-0.1, -0.05) is 18.2 Å². The van der Waals surface area contributed by atoms with Gasteiger partial charge in [-0.3, -0.25) is 9.59 Å². The van der Waals surface area contributed by atoms with E-state index in [2.05, 4.69) is 10.3 Å². The smallest absolute Gasteiger partial charge is 0.274 e. The maximum atomic E-state index is 12.6. The normalized spacial score (nSPS) is 14.2. The van der Waals surface area contributed by atoms with Crippen LogP contribution in [0.3, 0.4) is 0 Å². The number of aryl methyl sites for hydroxylation is 2. The first kappa shape index (κ1) is 17.1. The van der Waals surface area contributed by atoms with Gasteiger partial charge in [0.1, 0.15) is 11.4 Å². The molecule has 1 aromatic heterocycles. The molecule has 0 unspecified atom stereocenters. The molecular formula is C20H23N3O2. The number of aromatic nitrogens is 1. The fourth-order valence-electron chi connectivity index (χ4n) is 3.00. The summed E-state index contributed by atoms with van der Waals surface area (Å²) < 4.78 is 0. The number of benzene rings is 1. The summed E-state index contributed by atoms with van der Waals surface area (Å²) in [6, 6.07) is 10.9. The molecule has 0 radical (unpaired) electrons. The fourth-order valence-corrected chi connectivity index (χ4v) is 3.00. The van der Waals surface area contributed by atoms with Crippen LogP contribution in [0.25, 0.3) is 0 Å². The largest absolute Gasteiger partial charge is 0.337 e. The number of anilines is 1. The second-order valence-electron chi connectivity index (χ2n) is 6.53. The van der Waals surface area contributed by atoms with Crippen molar-refractivity contribution in [3.05, 3.63) is 58.9 Å². The highest BCUT2D eigenvalue weighted by Crippen LogP contribution is 2.17. The molecule has 5 heteroatoms. The third kappa shape index (κ3) is 4.05. The number of hydrogen-bond acceptors (Lipinski definition) is 3. The number of piperidine rings is 1. The zero-order valence-electron chi connectivity index (χ0n) is 14.7. The highest BCUT2D eigenvalue weighted by atomic mass is 16.2. The molecule has 0 spiro atoms. The van der Waals surface area contributed by atoms with Gasteiger partial charge in [-0.15, -0.1) is 0 Å². The average molecular weight is 337 g/mol. The molecule has 0 aliphatic carbocycles. The number of nitrogens with zero attached hydrogens (tertiary/aromatic N) is 2. The molecule has 2 heterocycles. The van der Waals surface area contributed by atoms with Gasteiger partial charge in [0, 0.05) is 18.8 Å². The minimum absolute atomic E-state index is 0.0962. The Balaban J connectivity index is 1.77. The number of hydrogen-bond donors (Lipinski definition) is 1. The van der Waals surface area contributed by atoms with E-state index in [0.29, 0.717) is 5.69 Å². The number of carbonyl (C=O) groups is 2. The van der Waals surface area contributed by atoms with E-state index >= 15 is 0 Å². The van der Waals surface area contributed by atoms with Gasteiger partial charge in [0.25, 0.3) is 11.8 Å². The molecule has 1 saturated heterocycles. The summed E-state index contributed by atoms with van der Waals surface area (Å²) >= 11 is 0. The van der Waals surface area contributed by atoms with Crippen molar-refractivity contribution in [2.45, 2.75) is 33.1 Å². The number of likely N-dealkylation sites (tertiary alicyclic amines) is 1. The molecule has 5 nitrogen and oxygen atoms in total. The average Bonchev–Trinajstić information content (AvgIpc) is 2.65. The molecule has 2 amide bonds. The summed E-state index contributed by atoms with van der Waals surface area (Å²) in [7, 11) is 0. The highest BCUT2D eigenvalue weighted by Gasteiger charge is 2.20. The summed E-state index contributed by atoms with van der Waals surface area (Å²) in [5, 5.41) is 2.89. The van der Waals surface area contributed by atoms with Crippen LogP contribution in [0.15, 0.2) is 36.4 Å². The summed E-state index contributed by atoms with van der Waals surface area (Å²) in [6.07, 6.45) is 3.21. The van der Waals surface area contributed by atoms with Gasteiger partial charge in [0.2, 0.25) is 0 Å². The van der Waals surface area contributed by atoms with Crippen molar-refractivity contribution in [3.8, 4) is 0 Å². The van der Waals surface area contributed by atoms with Gasteiger partial charge in [-0.05, 0) is 62.4 Å². The lowest BCUT2D eigenvalue weighted by molar-refractivity contribution is 0.0718.